The molecule has 1 aliphatic rings. The second-order valence-corrected chi connectivity index (χ2v) is 4.61. The molecule has 3 heteroatoms. The number of para-hydroxylation sites is 1. The van der Waals surface area contributed by atoms with Crippen molar-refractivity contribution in [3.05, 3.63) is 29.8 Å². The van der Waals surface area contributed by atoms with Crippen LogP contribution in [0.5, 0.6) is 0 Å². The summed E-state index contributed by atoms with van der Waals surface area (Å²) in [7, 11) is 0. The minimum absolute atomic E-state index is 0.260. The molecule has 2 rings (SSSR count). The fraction of sp³-hybridized carbons (Fsp3) is 0.571. The van der Waals surface area contributed by atoms with Crippen LogP contribution in [0.15, 0.2) is 24.3 Å². The molecule has 0 radical (unpaired) electrons. The Morgan fingerprint density at radius 2 is 2.24 bits per heavy atom. The molecule has 1 heterocycles. The molecule has 0 aromatic heterocycles. The lowest BCUT2D eigenvalue weighted by Crippen LogP contribution is -2.41. The van der Waals surface area contributed by atoms with E-state index in [1.54, 1.807) is 0 Å². The third-order valence-corrected chi connectivity index (χ3v) is 3.26. The van der Waals surface area contributed by atoms with E-state index in [1.165, 1.54) is 0 Å². The zero-order valence-electron chi connectivity index (χ0n) is 10.6. The van der Waals surface area contributed by atoms with Crippen LogP contribution in [0.3, 0.4) is 0 Å². The Bertz CT molecular complexity index is 367. The summed E-state index contributed by atoms with van der Waals surface area (Å²) < 4.78 is 5.55. The van der Waals surface area contributed by atoms with E-state index in [1.807, 2.05) is 25.1 Å². The minimum atomic E-state index is -0.371. The number of hydrogen-bond donors (Lipinski definition) is 1. The molecule has 0 saturated carbocycles. The third-order valence-electron chi connectivity index (χ3n) is 3.26. The number of aliphatic hydroxyl groups is 1. The highest BCUT2D eigenvalue weighted by atomic mass is 16.5. The number of morpholine rings is 1. The van der Waals surface area contributed by atoms with Crippen molar-refractivity contribution in [2.45, 2.75) is 32.5 Å². The number of anilines is 1. The van der Waals surface area contributed by atoms with E-state index < -0.39 is 0 Å². The average molecular weight is 235 g/mol. The van der Waals surface area contributed by atoms with Gasteiger partial charge in [-0.05, 0) is 19.4 Å². The van der Waals surface area contributed by atoms with Crippen LogP contribution < -0.4 is 4.90 Å². The van der Waals surface area contributed by atoms with Crippen LogP contribution in [0.2, 0.25) is 0 Å². The van der Waals surface area contributed by atoms with Crippen molar-refractivity contribution >= 4 is 5.69 Å². The van der Waals surface area contributed by atoms with Gasteiger partial charge in [0.2, 0.25) is 0 Å². The summed E-state index contributed by atoms with van der Waals surface area (Å²) in [5.41, 5.74) is 2.18. The van der Waals surface area contributed by atoms with Crippen molar-refractivity contribution in [1.82, 2.24) is 0 Å². The molecular weight excluding hydrogens is 214 g/mol. The Morgan fingerprint density at radius 1 is 1.47 bits per heavy atom. The van der Waals surface area contributed by atoms with E-state index in [0.29, 0.717) is 0 Å². The molecule has 0 spiro atoms. The first kappa shape index (κ1) is 12.4. The van der Waals surface area contributed by atoms with Crippen molar-refractivity contribution in [2.24, 2.45) is 0 Å². The van der Waals surface area contributed by atoms with Crippen LogP contribution in [-0.2, 0) is 4.74 Å². The zero-order chi connectivity index (χ0) is 12.3. The second kappa shape index (κ2) is 5.52. The van der Waals surface area contributed by atoms with Crippen molar-refractivity contribution < 1.29 is 9.84 Å². The van der Waals surface area contributed by atoms with E-state index in [4.69, 9.17) is 4.74 Å². The second-order valence-electron chi connectivity index (χ2n) is 4.61. The van der Waals surface area contributed by atoms with E-state index in [-0.39, 0.29) is 12.2 Å². The van der Waals surface area contributed by atoms with E-state index in [0.717, 1.165) is 37.4 Å². The zero-order valence-corrected chi connectivity index (χ0v) is 10.6. The van der Waals surface area contributed by atoms with Gasteiger partial charge >= 0.3 is 0 Å². The maximum absolute atomic E-state index is 10.0. The van der Waals surface area contributed by atoms with E-state index in [2.05, 4.69) is 17.9 Å². The molecule has 2 unspecified atom stereocenters. The summed E-state index contributed by atoms with van der Waals surface area (Å²) in [5.74, 6) is 0. The van der Waals surface area contributed by atoms with Gasteiger partial charge in [0.1, 0.15) is 0 Å². The van der Waals surface area contributed by atoms with Gasteiger partial charge in [0.25, 0.3) is 0 Å². The molecule has 0 aliphatic carbocycles. The van der Waals surface area contributed by atoms with Gasteiger partial charge in [-0.2, -0.15) is 0 Å². The lowest BCUT2D eigenvalue weighted by atomic mass is 10.0. The molecule has 0 amide bonds. The lowest BCUT2D eigenvalue weighted by molar-refractivity contribution is 0.0529. The largest absolute Gasteiger partial charge is 0.388 e. The summed E-state index contributed by atoms with van der Waals surface area (Å²) in [6, 6.07) is 8.12. The summed E-state index contributed by atoms with van der Waals surface area (Å²) in [5, 5.41) is 10.0. The summed E-state index contributed by atoms with van der Waals surface area (Å²) >= 11 is 0. The van der Waals surface area contributed by atoms with Gasteiger partial charge in [0.15, 0.2) is 0 Å². The lowest BCUT2D eigenvalue weighted by Gasteiger charge is -2.34. The predicted molar refractivity (Wildman–Crippen MR) is 69.3 cm³/mol. The van der Waals surface area contributed by atoms with Gasteiger partial charge in [-0.25, -0.2) is 0 Å². The fourth-order valence-corrected chi connectivity index (χ4v) is 2.31. The maximum Gasteiger partial charge on any atom is 0.0807 e. The topological polar surface area (TPSA) is 32.7 Å². The van der Waals surface area contributed by atoms with E-state index >= 15 is 0 Å². The van der Waals surface area contributed by atoms with Gasteiger partial charge < -0.3 is 14.7 Å². The number of aliphatic hydroxyl groups excluding tert-OH is 1. The van der Waals surface area contributed by atoms with Crippen molar-refractivity contribution in [2.75, 3.05) is 24.6 Å². The smallest absolute Gasteiger partial charge is 0.0807 e. The highest BCUT2D eigenvalue weighted by molar-refractivity contribution is 5.55. The normalized spacial score (nSPS) is 22.5. The molecule has 1 aromatic rings. The van der Waals surface area contributed by atoms with Crippen LogP contribution in [0.1, 0.15) is 31.9 Å². The molecule has 1 aromatic carbocycles. The molecule has 1 saturated heterocycles. The number of hydrogen-bond acceptors (Lipinski definition) is 3. The number of ether oxygens (including phenoxy) is 1. The molecule has 94 valence electrons. The molecule has 1 N–H and O–H groups in total. The Balaban J connectivity index is 2.24. The van der Waals surface area contributed by atoms with Gasteiger partial charge in [-0.15, -0.1) is 0 Å². The van der Waals surface area contributed by atoms with Crippen LogP contribution in [0.4, 0.5) is 5.69 Å². The molecule has 3 nitrogen and oxygen atoms in total. The van der Waals surface area contributed by atoms with Crippen LogP contribution >= 0.6 is 0 Å². The number of benzene rings is 1. The fourth-order valence-electron chi connectivity index (χ4n) is 2.31. The van der Waals surface area contributed by atoms with Crippen molar-refractivity contribution in [1.29, 1.82) is 0 Å². The average Bonchev–Trinajstić information content (AvgIpc) is 2.38. The van der Waals surface area contributed by atoms with E-state index in [9.17, 15) is 5.11 Å². The highest BCUT2D eigenvalue weighted by Crippen LogP contribution is 2.29. The van der Waals surface area contributed by atoms with Crippen LogP contribution in [0, 0.1) is 0 Å². The summed E-state index contributed by atoms with van der Waals surface area (Å²) in [6.07, 6.45) is 0.636. The first-order valence-electron chi connectivity index (χ1n) is 6.36. The molecule has 1 fully saturated rings. The summed E-state index contributed by atoms with van der Waals surface area (Å²) in [6.45, 7) is 6.65. The molecular formula is C14H21NO2. The SMILES string of the molecule is CCC(O)c1ccccc1N1CCOC(C)C1. The molecule has 1 aliphatic heterocycles. The monoisotopic (exact) mass is 235 g/mol. The molecule has 0 bridgehead atoms. The standard InChI is InChI=1S/C14H21NO2/c1-3-14(16)12-6-4-5-7-13(12)15-8-9-17-11(2)10-15/h4-7,11,14,16H,3,8-10H2,1-2H3. The Hall–Kier alpha value is -1.06. The van der Waals surface area contributed by atoms with Crippen LogP contribution in [-0.4, -0.2) is 30.9 Å². The van der Waals surface area contributed by atoms with Crippen LogP contribution in [0.25, 0.3) is 0 Å². The predicted octanol–water partition coefficient (Wildman–Crippen LogP) is 2.36. The quantitative estimate of drug-likeness (QED) is 0.873. The molecule has 2 atom stereocenters. The van der Waals surface area contributed by atoms with Gasteiger partial charge in [-0.1, -0.05) is 25.1 Å². The van der Waals surface area contributed by atoms with Gasteiger partial charge in [0.05, 0.1) is 18.8 Å². The maximum atomic E-state index is 10.0. The Labute approximate surface area is 103 Å². The van der Waals surface area contributed by atoms with Gasteiger partial charge in [-0.3, -0.25) is 0 Å². The Kier molecular flexibility index (Phi) is 4.02. The highest BCUT2D eigenvalue weighted by Gasteiger charge is 2.20. The number of nitrogens with zero attached hydrogens (tertiary/aromatic N) is 1. The van der Waals surface area contributed by atoms with Gasteiger partial charge in [0, 0.05) is 24.3 Å². The summed E-state index contributed by atoms with van der Waals surface area (Å²) in [4.78, 5) is 2.31. The minimum Gasteiger partial charge on any atom is -0.388 e. The molecule has 17 heavy (non-hydrogen) atoms. The first-order chi connectivity index (χ1) is 8.22. The van der Waals surface area contributed by atoms with Crippen molar-refractivity contribution in [3.63, 3.8) is 0 Å². The number of rotatable bonds is 3. The first-order valence-corrected chi connectivity index (χ1v) is 6.36. The van der Waals surface area contributed by atoms with Crippen molar-refractivity contribution in [3.8, 4) is 0 Å². The third kappa shape index (κ3) is 2.79. The Morgan fingerprint density at radius 3 is 2.94 bits per heavy atom.